The minimum atomic E-state index is -1.06. The van der Waals surface area contributed by atoms with Crippen LogP contribution in [0.5, 0.6) is 11.5 Å². The van der Waals surface area contributed by atoms with Crippen molar-refractivity contribution in [2.45, 2.75) is 38.5 Å². The number of carbonyl (C=O) groups excluding carboxylic acids is 2. The number of carboxylic acids is 1. The van der Waals surface area contributed by atoms with Crippen LogP contribution in [0.15, 0.2) is 28.4 Å². The lowest BCUT2D eigenvalue weighted by Crippen LogP contribution is -2.26. The Kier molecular flexibility index (Phi) is 8.66. The zero-order valence-corrected chi connectivity index (χ0v) is 17.6. The summed E-state index contributed by atoms with van der Waals surface area (Å²) < 4.78 is 16.1. The van der Waals surface area contributed by atoms with Crippen molar-refractivity contribution in [3.8, 4) is 11.5 Å². The highest BCUT2D eigenvalue weighted by Gasteiger charge is 2.32. The van der Waals surface area contributed by atoms with E-state index in [4.69, 9.17) is 19.3 Å². The van der Waals surface area contributed by atoms with Crippen molar-refractivity contribution in [2.24, 2.45) is 10.2 Å². The van der Waals surface area contributed by atoms with Crippen LogP contribution in [0.1, 0.15) is 32.8 Å². The molecule has 1 unspecified atom stereocenters. The smallest absolute Gasteiger partial charge is 0.344 e. The first-order chi connectivity index (χ1) is 14.3. The van der Waals surface area contributed by atoms with E-state index >= 15 is 0 Å². The van der Waals surface area contributed by atoms with Gasteiger partial charge in [0.25, 0.3) is 0 Å². The first-order valence-electron chi connectivity index (χ1n) is 9.18. The Bertz CT molecular complexity index is 855. The predicted molar refractivity (Wildman–Crippen MR) is 111 cm³/mol. The van der Waals surface area contributed by atoms with Gasteiger partial charge in [0.15, 0.2) is 23.3 Å². The van der Waals surface area contributed by atoms with Crippen molar-refractivity contribution in [1.29, 1.82) is 0 Å². The van der Waals surface area contributed by atoms with Crippen molar-refractivity contribution in [2.75, 3.05) is 13.2 Å². The van der Waals surface area contributed by atoms with Gasteiger partial charge in [-0.25, -0.2) is 4.79 Å². The van der Waals surface area contributed by atoms with Gasteiger partial charge in [-0.2, -0.15) is 5.10 Å². The fourth-order valence-electron chi connectivity index (χ4n) is 2.32. The number of hydrogen-bond donors (Lipinski definition) is 2. The summed E-state index contributed by atoms with van der Waals surface area (Å²) in [7, 11) is 0. The molecule has 1 aromatic carbocycles. The Morgan fingerprint density at radius 2 is 2.07 bits per heavy atom. The van der Waals surface area contributed by atoms with Crippen molar-refractivity contribution in [3.63, 3.8) is 0 Å². The van der Waals surface area contributed by atoms with E-state index < -0.39 is 23.1 Å². The first-order valence-corrected chi connectivity index (χ1v) is 10.1. The van der Waals surface area contributed by atoms with Crippen LogP contribution in [0.25, 0.3) is 0 Å². The minimum Gasteiger partial charge on any atom is -0.490 e. The van der Waals surface area contributed by atoms with Crippen LogP contribution in [0, 0.1) is 0 Å². The fourth-order valence-corrected chi connectivity index (χ4v) is 3.23. The lowest BCUT2D eigenvalue weighted by molar-refractivity contribution is -0.149. The van der Waals surface area contributed by atoms with Crippen LogP contribution in [0.3, 0.4) is 0 Å². The Hall–Kier alpha value is -3.08. The lowest BCUT2D eigenvalue weighted by Gasteiger charge is -2.13. The Morgan fingerprint density at radius 1 is 1.30 bits per heavy atom. The molecule has 0 bridgehead atoms. The maximum absolute atomic E-state index is 11.7. The topological polar surface area (TPSA) is 136 Å². The van der Waals surface area contributed by atoms with E-state index in [1.54, 1.807) is 32.0 Å². The maximum atomic E-state index is 11.7. The second-order valence-electron chi connectivity index (χ2n) is 6.31. The van der Waals surface area contributed by atoms with Crippen molar-refractivity contribution >= 4 is 41.0 Å². The number of carbonyl (C=O) groups is 3. The number of nitrogens with zero attached hydrogens (tertiary/aromatic N) is 2. The number of carboxylic acid groups (broad SMARTS) is 1. The Morgan fingerprint density at radius 3 is 2.73 bits per heavy atom. The average molecular weight is 437 g/mol. The minimum absolute atomic E-state index is 0.227. The van der Waals surface area contributed by atoms with Crippen molar-refractivity contribution in [1.82, 2.24) is 5.32 Å². The molecule has 1 amide bonds. The summed E-state index contributed by atoms with van der Waals surface area (Å²) in [5.41, 5.74) is 0.649. The van der Waals surface area contributed by atoms with Gasteiger partial charge in [0.05, 0.1) is 25.3 Å². The molecule has 0 saturated carbocycles. The number of amidine groups is 1. The molecule has 30 heavy (non-hydrogen) atoms. The lowest BCUT2D eigenvalue weighted by atomic mass is 10.2. The number of aliphatic carboxylic acids is 1. The summed E-state index contributed by atoms with van der Waals surface area (Å²) in [6, 6.07) is 5.00. The highest BCUT2D eigenvalue weighted by atomic mass is 32.2. The molecule has 2 rings (SSSR count). The van der Waals surface area contributed by atoms with Crippen LogP contribution < -0.4 is 14.8 Å². The second kappa shape index (κ2) is 11.2. The van der Waals surface area contributed by atoms with E-state index in [2.05, 4.69) is 15.5 Å². The molecule has 1 heterocycles. The highest BCUT2D eigenvalue weighted by molar-refractivity contribution is 8.15. The van der Waals surface area contributed by atoms with E-state index in [-0.39, 0.29) is 24.3 Å². The molecule has 10 nitrogen and oxygen atoms in total. The average Bonchev–Trinajstić information content (AvgIpc) is 2.99. The second-order valence-corrected chi connectivity index (χ2v) is 7.50. The van der Waals surface area contributed by atoms with Crippen LogP contribution in [0.2, 0.25) is 0 Å². The molecule has 0 aliphatic carbocycles. The summed E-state index contributed by atoms with van der Waals surface area (Å²) in [6.07, 6.45) is 0.932. The van der Waals surface area contributed by atoms with E-state index in [1.807, 2.05) is 6.92 Å². The van der Waals surface area contributed by atoms with Gasteiger partial charge < -0.3 is 24.6 Å². The third-order valence-electron chi connectivity index (χ3n) is 3.47. The normalized spacial score (nSPS) is 17.4. The molecular formula is C19H23N3O7S. The van der Waals surface area contributed by atoms with Gasteiger partial charge in [-0.15, -0.1) is 5.10 Å². The summed E-state index contributed by atoms with van der Waals surface area (Å²) in [5, 5.41) is 18.6. The van der Waals surface area contributed by atoms with Crippen molar-refractivity contribution in [3.05, 3.63) is 23.8 Å². The number of ether oxygens (including phenoxy) is 3. The number of amides is 1. The zero-order valence-electron chi connectivity index (χ0n) is 16.8. The summed E-state index contributed by atoms with van der Waals surface area (Å²) in [5.74, 6) is -1.14. The highest BCUT2D eigenvalue weighted by Crippen LogP contribution is 2.28. The molecule has 162 valence electrons. The van der Waals surface area contributed by atoms with E-state index in [0.717, 1.165) is 11.8 Å². The molecule has 1 saturated heterocycles. The SMILES string of the molecule is CCOc1cc(C=NN=C2NC(=O)C(CC(=O)O)S2)ccc1OCC(=O)OC(C)C. The molecule has 0 aromatic heterocycles. The molecule has 0 spiro atoms. The summed E-state index contributed by atoms with van der Waals surface area (Å²) in [4.78, 5) is 34.1. The predicted octanol–water partition coefficient (Wildman–Crippen LogP) is 1.81. The van der Waals surface area contributed by atoms with Gasteiger partial charge >= 0.3 is 11.9 Å². The van der Waals surface area contributed by atoms with Gasteiger partial charge in [-0.3, -0.25) is 9.59 Å². The molecule has 2 N–H and O–H groups in total. The van der Waals surface area contributed by atoms with Gasteiger partial charge in [0.2, 0.25) is 5.91 Å². The number of thioether (sulfide) groups is 1. The summed E-state index contributed by atoms with van der Waals surface area (Å²) in [6.45, 7) is 5.47. The largest absolute Gasteiger partial charge is 0.490 e. The third kappa shape index (κ3) is 7.39. The monoisotopic (exact) mass is 437 g/mol. The molecule has 11 heteroatoms. The molecule has 1 aliphatic rings. The van der Waals surface area contributed by atoms with E-state index in [0.29, 0.717) is 23.7 Å². The third-order valence-corrected chi connectivity index (χ3v) is 4.54. The number of hydrogen-bond acceptors (Lipinski definition) is 9. The van der Waals surface area contributed by atoms with Crippen LogP contribution in [-0.2, 0) is 19.1 Å². The molecule has 1 aromatic rings. The van der Waals surface area contributed by atoms with Crippen LogP contribution in [-0.4, -0.2) is 58.9 Å². The summed E-state index contributed by atoms with van der Waals surface area (Å²) >= 11 is 1.02. The fraction of sp³-hybridized carbons (Fsp3) is 0.421. The Balaban J connectivity index is 2.02. The van der Waals surface area contributed by atoms with Crippen LogP contribution in [0.4, 0.5) is 0 Å². The quantitative estimate of drug-likeness (QED) is 0.321. The van der Waals surface area contributed by atoms with Gasteiger partial charge in [-0.1, -0.05) is 11.8 Å². The molecule has 1 atom stereocenters. The molecular weight excluding hydrogens is 414 g/mol. The maximum Gasteiger partial charge on any atom is 0.344 e. The first kappa shape index (κ1) is 23.2. The van der Waals surface area contributed by atoms with Crippen LogP contribution >= 0.6 is 11.8 Å². The standard InChI is InChI=1S/C19H23N3O7S/c1-4-27-14-7-12(5-6-13(14)28-10-17(25)29-11(2)3)9-20-22-19-21-18(26)15(30-19)8-16(23)24/h5-7,9,11,15H,4,8,10H2,1-3H3,(H,23,24)(H,21,22,26). The molecule has 1 aliphatic heterocycles. The Labute approximate surface area is 177 Å². The van der Waals surface area contributed by atoms with Gasteiger partial charge in [0.1, 0.15) is 5.25 Å². The molecule has 1 fully saturated rings. The van der Waals surface area contributed by atoms with E-state index in [1.165, 1.54) is 6.21 Å². The van der Waals surface area contributed by atoms with Crippen molar-refractivity contribution < 1.29 is 33.7 Å². The van der Waals surface area contributed by atoms with Gasteiger partial charge in [-0.05, 0) is 44.5 Å². The number of nitrogens with one attached hydrogen (secondary N) is 1. The van der Waals surface area contributed by atoms with Gasteiger partial charge in [0, 0.05) is 0 Å². The molecule has 0 radical (unpaired) electrons. The van der Waals surface area contributed by atoms with E-state index in [9.17, 15) is 14.4 Å². The zero-order chi connectivity index (χ0) is 22.1. The number of rotatable bonds is 10. The number of esters is 1. The number of benzene rings is 1.